The molecule has 3 aromatic rings. The van der Waals surface area contributed by atoms with Gasteiger partial charge in [-0.15, -0.1) is 11.3 Å². The molecule has 8 nitrogen and oxygen atoms in total. The van der Waals surface area contributed by atoms with E-state index in [-0.39, 0.29) is 5.56 Å². The Morgan fingerprint density at radius 2 is 1.96 bits per heavy atom. The summed E-state index contributed by atoms with van der Waals surface area (Å²) in [6, 6.07) is 11.2. The van der Waals surface area contributed by atoms with Gasteiger partial charge in [0.25, 0.3) is 5.69 Å². The molecule has 0 saturated heterocycles. The van der Waals surface area contributed by atoms with E-state index in [2.05, 4.69) is 15.5 Å². The quantitative estimate of drug-likeness (QED) is 0.375. The van der Waals surface area contributed by atoms with Crippen LogP contribution in [-0.2, 0) is 0 Å². The highest BCUT2D eigenvalue weighted by atomic mass is 32.1. The lowest BCUT2D eigenvalue weighted by molar-refractivity contribution is -0.385. The van der Waals surface area contributed by atoms with E-state index in [0.717, 1.165) is 16.8 Å². The first kappa shape index (κ1) is 18.2. The highest BCUT2D eigenvalue weighted by Crippen LogP contribution is 2.27. The number of nitrogens with zero attached hydrogens (tertiary/aromatic N) is 3. The van der Waals surface area contributed by atoms with Crippen LogP contribution in [0, 0.1) is 17.0 Å². The maximum Gasteiger partial charge on any atom is 0.342 e. The zero-order valence-electron chi connectivity index (χ0n) is 14.1. The van der Waals surface area contributed by atoms with E-state index >= 15 is 0 Å². The second-order valence-electron chi connectivity index (χ2n) is 5.58. The van der Waals surface area contributed by atoms with Gasteiger partial charge in [0.2, 0.25) is 5.13 Å². The summed E-state index contributed by atoms with van der Waals surface area (Å²) in [5, 5.41) is 26.9. The van der Waals surface area contributed by atoms with Crippen LogP contribution in [0.25, 0.3) is 11.1 Å². The third kappa shape index (κ3) is 4.33. The number of carboxylic acid groups (broad SMARTS) is 1. The number of aryl methyl sites for hydroxylation is 1. The fraction of sp³-hybridized carbons (Fsp3) is 0.0556. The van der Waals surface area contributed by atoms with Crippen LogP contribution in [-0.4, -0.2) is 27.2 Å². The zero-order valence-corrected chi connectivity index (χ0v) is 14.9. The molecule has 136 valence electrons. The molecule has 0 fully saturated rings. The summed E-state index contributed by atoms with van der Waals surface area (Å²) in [5.74, 6) is -1.33. The number of aromatic nitrogens is 1. The van der Waals surface area contributed by atoms with Crippen LogP contribution >= 0.6 is 11.3 Å². The minimum Gasteiger partial charge on any atom is -0.477 e. The second-order valence-corrected chi connectivity index (χ2v) is 6.44. The van der Waals surface area contributed by atoms with Crippen molar-refractivity contribution < 1.29 is 14.8 Å². The molecule has 0 aliphatic heterocycles. The van der Waals surface area contributed by atoms with Crippen LogP contribution in [0.15, 0.2) is 52.9 Å². The number of thiazole rings is 1. The molecular formula is C18H14N4O4S. The van der Waals surface area contributed by atoms with Crippen LogP contribution in [0.1, 0.15) is 21.6 Å². The number of rotatable bonds is 6. The smallest absolute Gasteiger partial charge is 0.342 e. The van der Waals surface area contributed by atoms with E-state index in [9.17, 15) is 14.9 Å². The van der Waals surface area contributed by atoms with Crippen LogP contribution in [0.4, 0.5) is 10.8 Å². The molecule has 0 radical (unpaired) electrons. The number of hydrazone groups is 1. The lowest BCUT2D eigenvalue weighted by atomic mass is 10.0. The van der Waals surface area contributed by atoms with Crippen molar-refractivity contribution >= 4 is 34.3 Å². The maximum atomic E-state index is 11.1. The number of benzene rings is 2. The number of carboxylic acids is 1. The Labute approximate surface area is 158 Å². The Balaban J connectivity index is 1.78. The number of nitro benzene ring substituents is 1. The molecule has 2 N–H and O–H groups in total. The standard InChI is InChI=1S/C18H14N4O4S/c1-11-10-27-18(20-11)21-19-9-12-2-4-13(5-3-12)14-6-7-15(17(23)24)16(8-14)22(25)26/h2-10H,1H3,(H,20,21)(H,23,24). The van der Waals surface area contributed by atoms with E-state index in [1.807, 2.05) is 24.4 Å². The van der Waals surface area contributed by atoms with Crippen LogP contribution in [0.2, 0.25) is 0 Å². The summed E-state index contributed by atoms with van der Waals surface area (Å²) < 4.78 is 0. The molecule has 3 rings (SSSR count). The Kier molecular flexibility index (Phi) is 5.23. The van der Waals surface area contributed by atoms with Gasteiger partial charge >= 0.3 is 5.97 Å². The van der Waals surface area contributed by atoms with E-state index in [4.69, 9.17) is 5.11 Å². The average Bonchev–Trinajstić information content (AvgIpc) is 3.07. The molecule has 2 aromatic carbocycles. The Hall–Kier alpha value is -3.59. The fourth-order valence-electron chi connectivity index (χ4n) is 2.37. The molecule has 0 atom stereocenters. The van der Waals surface area contributed by atoms with Crippen molar-refractivity contribution in [2.75, 3.05) is 5.43 Å². The summed E-state index contributed by atoms with van der Waals surface area (Å²) in [7, 11) is 0. The first-order valence-electron chi connectivity index (χ1n) is 7.77. The number of hydrogen-bond acceptors (Lipinski definition) is 7. The van der Waals surface area contributed by atoms with Gasteiger partial charge in [0.05, 0.1) is 16.8 Å². The van der Waals surface area contributed by atoms with Crippen LogP contribution in [0.3, 0.4) is 0 Å². The van der Waals surface area contributed by atoms with Crippen molar-refractivity contribution in [3.05, 3.63) is 74.8 Å². The average molecular weight is 382 g/mol. The topological polar surface area (TPSA) is 118 Å². The van der Waals surface area contributed by atoms with E-state index < -0.39 is 16.6 Å². The highest BCUT2D eigenvalue weighted by molar-refractivity contribution is 7.13. The number of nitro groups is 1. The Bertz CT molecular complexity index is 1030. The summed E-state index contributed by atoms with van der Waals surface area (Å²) in [5.41, 5.74) is 5.11. The molecule has 27 heavy (non-hydrogen) atoms. The third-order valence-corrected chi connectivity index (χ3v) is 4.53. The Morgan fingerprint density at radius 1 is 1.26 bits per heavy atom. The molecule has 0 amide bonds. The van der Waals surface area contributed by atoms with Gasteiger partial charge in [-0.25, -0.2) is 9.78 Å². The molecule has 0 aliphatic carbocycles. The highest BCUT2D eigenvalue weighted by Gasteiger charge is 2.20. The predicted octanol–water partition coefficient (Wildman–Crippen LogP) is 4.17. The zero-order chi connectivity index (χ0) is 19.4. The lowest BCUT2D eigenvalue weighted by Crippen LogP contribution is -2.02. The van der Waals surface area contributed by atoms with Gasteiger partial charge in [0.15, 0.2) is 0 Å². The van der Waals surface area contributed by atoms with E-state index in [1.54, 1.807) is 24.4 Å². The van der Waals surface area contributed by atoms with Crippen LogP contribution in [0.5, 0.6) is 0 Å². The van der Waals surface area contributed by atoms with E-state index in [0.29, 0.717) is 10.7 Å². The van der Waals surface area contributed by atoms with E-state index in [1.165, 1.54) is 23.5 Å². The van der Waals surface area contributed by atoms with Crippen molar-refractivity contribution in [1.29, 1.82) is 0 Å². The minimum atomic E-state index is -1.33. The molecule has 9 heteroatoms. The third-order valence-electron chi connectivity index (χ3n) is 3.66. The van der Waals surface area contributed by atoms with Gasteiger partial charge in [-0.2, -0.15) is 5.10 Å². The molecule has 1 heterocycles. The number of aromatic carboxylic acids is 1. The SMILES string of the molecule is Cc1csc(NN=Cc2ccc(-c3ccc(C(=O)O)c([N+](=O)[O-])c3)cc2)n1. The fourth-order valence-corrected chi connectivity index (χ4v) is 3.01. The second kappa shape index (κ2) is 7.75. The summed E-state index contributed by atoms with van der Waals surface area (Å²) in [4.78, 5) is 25.7. The first-order chi connectivity index (χ1) is 12.9. The van der Waals surface area contributed by atoms with Crippen molar-refractivity contribution in [2.45, 2.75) is 6.92 Å². The molecule has 0 saturated carbocycles. The lowest BCUT2D eigenvalue weighted by Gasteiger charge is -2.04. The van der Waals surface area contributed by atoms with Crippen molar-refractivity contribution in [3.63, 3.8) is 0 Å². The predicted molar refractivity (Wildman–Crippen MR) is 104 cm³/mol. The van der Waals surface area contributed by atoms with Crippen molar-refractivity contribution in [2.24, 2.45) is 5.10 Å². The summed E-state index contributed by atoms with van der Waals surface area (Å²) in [6.07, 6.45) is 1.64. The molecule has 1 aromatic heterocycles. The molecule has 0 unspecified atom stereocenters. The van der Waals surface area contributed by atoms with Gasteiger partial charge in [0.1, 0.15) is 5.56 Å². The largest absolute Gasteiger partial charge is 0.477 e. The van der Waals surface area contributed by atoms with Crippen LogP contribution < -0.4 is 5.43 Å². The van der Waals surface area contributed by atoms with Gasteiger partial charge in [0, 0.05) is 11.4 Å². The molecule has 0 aliphatic rings. The molecule has 0 spiro atoms. The van der Waals surface area contributed by atoms with Gasteiger partial charge in [-0.1, -0.05) is 30.3 Å². The van der Waals surface area contributed by atoms with Gasteiger partial charge in [-0.05, 0) is 29.7 Å². The van der Waals surface area contributed by atoms with Gasteiger partial charge in [-0.3, -0.25) is 15.5 Å². The number of nitrogens with one attached hydrogen (secondary N) is 1. The monoisotopic (exact) mass is 382 g/mol. The number of hydrogen-bond donors (Lipinski definition) is 2. The Morgan fingerprint density at radius 3 is 2.56 bits per heavy atom. The number of anilines is 1. The van der Waals surface area contributed by atoms with Crippen molar-refractivity contribution in [3.8, 4) is 11.1 Å². The summed E-state index contributed by atoms with van der Waals surface area (Å²) >= 11 is 1.46. The molecular weight excluding hydrogens is 368 g/mol. The first-order valence-corrected chi connectivity index (χ1v) is 8.65. The molecule has 0 bridgehead atoms. The maximum absolute atomic E-state index is 11.1. The number of carbonyl (C=O) groups is 1. The minimum absolute atomic E-state index is 0.337. The normalized spacial score (nSPS) is 10.9. The van der Waals surface area contributed by atoms with Crippen molar-refractivity contribution in [1.82, 2.24) is 4.98 Å². The summed E-state index contributed by atoms with van der Waals surface area (Å²) in [6.45, 7) is 1.90. The van der Waals surface area contributed by atoms with Gasteiger partial charge < -0.3 is 5.11 Å².